The lowest BCUT2D eigenvalue weighted by molar-refractivity contribution is -0.137. The summed E-state index contributed by atoms with van der Waals surface area (Å²) < 4.78 is 38.0. The molecule has 5 heteroatoms. The molecule has 1 N–H and O–H groups in total. The van der Waals surface area contributed by atoms with Crippen molar-refractivity contribution in [3.63, 3.8) is 0 Å². The summed E-state index contributed by atoms with van der Waals surface area (Å²) in [5.41, 5.74) is -0.350. The van der Waals surface area contributed by atoms with Crippen LogP contribution in [-0.2, 0) is 6.18 Å². The Bertz CT molecular complexity index is 454. The van der Waals surface area contributed by atoms with Crippen molar-refractivity contribution in [3.8, 4) is 0 Å². The van der Waals surface area contributed by atoms with Crippen molar-refractivity contribution in [2.24, 2.45) is 0 Å². The molecule has 0 aliphatic heterocycles. The highest BCUT2D eigenvalue weighted by Crippen LogP contribution is 2.36. The van der Waals surface area contributed by atoms with Gasteiger partial charge in [0.15, 0.2) is 0 Å². The van der Waals surface area contributed by atoms with E-state index >= 15 is 0 Å². The van der Waals surface area contributed by atoms with Crippen LogP contribution in [0.1, 0.15) is 24.8 Å². The van der Waals surface area contributed by atoms with E-state index in [1.807, 2.05) is 12.2 Å². The van der Waals surface area contributed by atoms with E-state index in [0.29, 0.717) is 5.69 Å². The van der Waals surface area contributed by atoms with Crippen LogP contribution >= 0.6 is 11.6 Å². The molecule has 1 unspecified atom stereocenters. The summed E-state index contributed by atoms with van der Waals surface area (Å²) >= 11 is 5.56. The van der Waals surface area contributed by atoms with Gasteiger partial charge in [-0.1, -0.05) is 23.8 Å². The third kappa shape index (κ3) is 3.19. The SMILES string of the molecule is FC(F)(F)c1cc(NC2C=CCCC2)ccc1Cl. The lowest BCUT2D eigenvalue weighted by Gasteiger charge is -2.20. The van der Waals surface area contributed by atoms with Crippen molar-refractivity contribution in [1.29, 1.82) is 0 Å². The molecule has 0 fully saturated rings. The average Bonchev–Trinajstić information content (AvgIpc) is 2.31. The summed E-state index contributed by atoms with van der Waals surface area (Å²) in [5.74, 6) is 0. The number of alkyl halides is 3. The van der Waals surface area contributed by atoms with Gasteiger partial charge in [-0.25, -0.2) is 0 Å². The fourth-order valence-electron chi connectivity index (χ4n) is 1.98. The zero-order valence-electron chi connectivity index (χ0n) is 9.60. The number of benzene rings is 1. The van der Waals surface area contributed by atoms with Gasteiger partial charge in [-0.15, -0.1) is 0 Å². The maximum Gasteiger partial charge on any atom is 0.417 e. The van der Waals surface area contributed by atoms with E-state index in [2.05, 4.69) is 5.32 Å². The predicted molar refractivity (Wildman–Crippen MR) is 66.9 cm³/mol. The van der Waals surface area contributed by atoms with Crippen molar-refractivity contribution >= 4 is 17.3 Å². The highest BCUT2D eigenvalue weighted by molar-refractivity contribution is 6.31. The van der Waals surface area contributed by atoms with Crippen LogP contribution in [0.3, 0.4) is 0 Å². The Labute approximate surface area is 109 Å². The fraction of sp³-hybridized carbons (Fsp3) is 0.385. The number of halogens is 4. The molecule has 0 saturated carbocycles. The molecule has 0 aromatic heterocycles. The largest absolute Gasteiger partial charge is 0.417 e. The molecule has 0 heterocycles. The molecule has 0 radical (unpaired) electrons. The third-order valence-electron chi connectivity index (χ3n) is 2.88. The number of rotatable bonds is 2. The van der Waals surface area contributed by atoms with Crippen LogP contribution in [0.2, 0.25) is 5.02 Å². The van der Waals surface area contributed by atoms with Gasteiger partial charge in [-0.05, 0) is 37.5 Å². The first-order valence-corrected chi connectivity index (χ1v) is 6.14. The average molecular weight is 276 g/mol. The molecular formula is C13H13ClF3N. The quantitative estimate of drug-likeness (QED) is 0.759. The second-order valence-electron chi connectivity index (χ2n) is 4.30. The van der Waals surface area contributed by atoms with E-state index in [1.54, 1.807) is 6.07 Å². The molecule has 2 rings (SSSR count). The van der Waals surface area contributed by atoms with Crippen LogP contribution in [0.5, 0.6) is 0 Å². The molecule has 0 bridgehead atoms. The first-order chi connectivity index (χ1) is 8.47. The highest BCUT2D eigenvalue weighted by Gasteiger charge is 2.33. The van der Waals surface area contributed by atoms with Crippen molar-refractivity contribution in [1.82, 2.24) is 0 Å². The molecule has 0 spiro atoms. The van der Waals surface area contributed by atoms with Gasteiger partial charge in [0.2, 0.25) is 0 Å². The van der Waals surface area contributed by atoms with Gasteiger partial charge in [0.1, 0.15) is 0 Å². The molecule has 0 amide bonds. The maximum absolute atomic E-state index is 12.7. The predicted octanol–water partition coefficient (Wildman–Crippen LogP) is 4.88. The number of hydrogen-bond acceptors (Lipinski definition) is 1. The summed E-state index contributed by atoms with van der Waals surface area (Å²) in [4.78, 5) is 0. The first-order valence-electron chi connectivity index (χ1n) is 5.77. The lowest BCUT2D eigenvalue weighted by Crippen LogP contribution is -2.19. The third-order valence-corrected chi connectivity index (χ3v) is 3.21. The number of hydrogen-bond donors (Lipinski definition) is 1. The molecule has 1 nitrogen and oxygen atoms in total. The summed E-state index contributed by atoms with van der Waals surface area (Å²) in [7, 11) is 0. The van der Waals surface area contributed by atoms with Crippen LogP contribution in [0.4, 0.5) is 18.9 Å². The van der Waals surface area contributed by atoms with E-state index in [4.69, 9.17) is 11.6 Å². The zero-order chi connectivity index (χ0) is 13.2. The summed E-state index contributed by atoms with van der Waals surface area (Å²) in [5, 5.41) is 2.80. The monoisotopic (exact) mass is 275 g/mol. The molecular weight excluding hydrogens is 263 g/mol. The topological polar surface area (TPSA) is 12.0 Å². The minimum Gasteiger partial charge on any atom is -0.379 e. The Morgan fingerprint density at radius 3 is 2.67 bits per heavy atom. The highest BCUT2D eigenvalue weighted by atomic mass is 35.5. The number of nitrogens with one attached hydrogen (secondary N) is 1. The molecule has 1 aliphatic rings. The van der Waals surface area contributed by atoms with Gasteiger partial charge in [0, 0.05) is 11.7 Å². The molecule has 1 atom stereocenters. The van der Waals surface area contributed by atoms with Crippen molar-refractivity contribution in [2.75, 3.05) is 5.32 Å². The van der Waals surface area contributed by atoms with Crippen LogP contribution in [0.15, 0.2) is 30.4 Å². The van der Waals surface area contributed by atoms with Gasteiger partial charge in [-0.3, -0.25) is 0 Å². The van der Waals surface area contributed by atoms with E-state index in [1.165, 1.54) is 6.07 Å². The Hall–Kier alpha value is -1.16. The van der Waals surface area contributed by atoms with Gasteiger partial charge >= 0.3 is 6.18 Å². The Morgan fingerprint density at radius 2 is 2.06 bits per heavy atom. The second-order valence-corrected chi connectivity index (χ2v) is 4.71. The normalized spacial score (nSPS) is 19.9. The molecule has 1 aromatic carbocycles. The smallest absolute Gasteiger partial charge is 0.379 e. The van der Waals surface area contributed by atoms with Gasteiger partial charge in [-0.2, -0.15) is 13.2 Å². The van der Waals surface area contributed by atoms with Crippen LogP contribution < -0.4 is 5.32 Å². The maximum atomic E-state index is 12.7. The van der Waals surface area contributed by atoms with Crippen molar-refractivity contribution in [2.45, 2.75) is 31.5 Å². The number of anilines is 1. The van der Waals surface area contributed by atoms with E-state index in [-0.39, 0.29) is 11.1 Å². The summed E-state index contributed by atoms with van der Waals surface area (Å²) in [6, 6.07) is 4.00. The Balaban J connectivity index is 2.19. The van der Waals surface area contributed by atoms with Crippen molar-refractivity contribution in [3.05, 3.63) is 40.9 Å². The number of allylic oxidation sites excluding steroid dienone is 1. The summed E-state index contributed by atoms with van der Waals surface area (Å²) in [6.07, 6.45) is 2.63. The fourth-order valence-corrected chi connectivity index (χ4v) is 2.20. The van der Waals surface area contributed by atoms with Crippen molar-refractivity contribution < 1.29 is 13.2 Å². The Kier molecular flexibility index (Phi) is 3.85. The standard InChI is InChI=1S/C13H13ClF3N/c14-12-7-6-10(8-11(12)13(15,16)17)18-9-4-2-1-3-5-9/h2,4,6-9,18H,1,3,5H2. The lowest BCUT2D eigenvalue weighted by atomic mass is 10.0. The first kappa shape index (κ1) is 13.3. The van der Waals surface area contributed by atoms with Gasteiger partial charge < -0.3 is 5.32 Å². The second kappa shape index (κ2) is 5.22. The van der Waals surface area contributed by atoms with Gasteiger partial charge in [0.05, 0.1) is 10.6 Å². The zero-order valence-corrected chi connectivity index (χ0v) is 10.4. The van der Waals surface area contributed by atoms with Gasteiger partial charge in [0.25, 0.3) is 0 Å². The Morgan fingerprint density at radius 1 is 1.28 bits per heavy atom. The van der Waals surface area contributed by atoms with E-state index < -0.39 is 11.7 Å². The van der Waals surface area contributed by atoms with E-state index in [0.717, 1.165) is 25.3 Å². The van der Waals surface area contributed by atoms with Crippen LogP contribution in [-0.4, -0.2) is 6.04 Å². The minimum atomic E-state index is -4.42. The molecule has 1 aliphatic carbocycles. The molecule has 1 aromatic rings. The minimum absolute atomic E-state index is 0.0982. The van der Waals surface area contributed by atoms with E-state index in [9.17, 15) is 13.2 Å². The molecule has 98 valence electrons. The van der Waals surface area contributed by atoms with Crippen LogP contribution in [0, 0.1) is 0 Å². The summed E-state index contributed by atoms with van der Waals surface area (Å²) in [6.45, 7) is 0. The molecule has 0 saturated heterocycles. The molecule has 18 heavy (non-hydrogen) atoms. The van der Waals surface area contributed by atoms with Crippen LogP contribution in [0.25, 0.3) is 0 Å².